The zero-order valence-electron chi connectivity index (χ0n) is 17.1. The molecule has 162 valence electrons. The van der Waals surface area contributed by atoms with E-state index < -0.39 is 18.1 Å². The third-order valence-electron chi connectivity index (χ3n) is 6.51. The number of aromatic carboxylic acids is 1. The van der Waals surface area contributed by atoms with Gasteiger partial charge < -0.3 is 29.4 Å². The average Bonchev–Trinajstić information content (AvgIpc) is 3.39. The molecule has 32 heavy (non-hydrogen) atoms. The van der Waals surface area contributed by atoms with Crippen molar-refractivity contribution in [1.29, 1.82) is 0 Å². The number of carbonyl (C=O) groups excluding carboxylic acids is 2. The maximum Gasteiger partial charge on any atom is 0.335 e. The second kappa shape index (κ2) is 6.49. The van der Waals surface area contributed by atoms with E-state index in [1.807, 2.05) is 12.1 Å². The molecule has 0 unspecified atom stereocenters. The summed E-state index contributed by atoms with van der Waals surface area (Å²) in [7, 11) is 1.64. The van der Waals surface area contributed by atoms with E-state index in [4.69, 9.17) is 9.47 Å². The number of carbonyl (C=O) groups is 3. The summed E-state index contributed by atoms with van der Waals surface area (Å²) in [5.74, 6) is -0.0581. The molecule has 9 nitrogen and oxygen atoms in total. The molecular formula is C23H19N3O6. The first-order valence-corrected chi connectivity index (χ1v) is 10.3. The second-order valence-corrected chi connectivity index (χ2v) is 8.31. The number of carboxylic acid groups (broad SMARTS) is 1. The minimum Gasteiger partial charge on any atom is -0.478 e. The van der Waals surface area contributed by atoms with Crippen LogP contribution in [0.25, 0.3) is 10.9 Å². The fourth-order valence-corrected chi connectivity index (χ4v) is 5.02. The smallest absolute Gasteiger partial charge is 0.335 e. The zero-order chi connectivity index (χ0) is 22.1. The van der Waals surface area contributed by atoms with Crippen molar-refractivity contribution >= 4 is 28.7 Å². The van der Waals surface area contributed by atoms with Crippen LogP contribution >= 0.6 is 0 Å². The number of hydrogen-bond acceptors (Lipinski definition) is 5. The summed E-state index contributed by atoms with van der Waals surface area (Å²) >= 11 is 0. The van der Waals surface area contributed by atoms with Gasteiger partial charge in [0.05, 0.1) is 18.2 Å². The van der Waals surface area contributed by atoms with E-state index in [1.165, 1.54) is 4.90 Å². The van der Waals surface area contributed by atoms with E-state index in [1.54, 1.807) is 36.2 Å². The van der Waals surface area contributed by atoms with Gasteiger partial charge in [0.25, 0.3) is 0 Å². The molecule has 0 saturated carbocycles. The van der Waals surface area contributed by atoms with E-state index >= 15 is 0 Å². The summed E-state index contributed by atoms with van der Waals surface area (Å²) in [5, 5.41) is 10.2. The molecule has 6 rings (SSSR count). The third-order valence-corrected chi connectivity index (χ3v) is 6.51. The summed E-state index contributed by atoms with van der Waals surface area (Å²) in [6.07, 6.45) is 0.359. The molecule has 3 aliphatic rings. The molecule has 2 atom stereocenters. The van der Waals surface area contributed by atoms with Crippen LogP contribution in [0.1, 0.15) is 33.2 Å². The van der Waals surface area contributed by atoms with Crippen LogP contribution in [-0.4, -0.2) is 64.1 Å². The van der Waals surface area contributed by atoms with Gasteiger partial charge in [-0.25, -0.2) is 4.79 Å². The van der Waals surface area contributed by atoms with E-state index in [0.29, 0.717) is 23.4 Å². The number of fused-ring (bicyclic) bond motifs is 5. The number of benzene rings is 2. The van der Waals surface area contributed by atoms with Gasteiger partial charge in [0.2, 0.25) is 18.6 Å². The minimum absolute atomic E-state index is 0.00904. The van der Waals surface area contributed by atoms with Crippen LogP contribution in [0.15, 0.2) is 36.4 Å². The molecule has 2 amide bonds. The molecule has 2 N–H and O–H groups in total. The Balaban J connectivity index is 1.58. The lowest BCUT2D eigenvalue weighted by Crippen LogP contribution is -2.62. The van der Waals surface area contributed by atoms with E-state index in [0.717, 1.165) is 22.2 Å². The largest absolute Gasteiger partial charge is 0.478 e. The van der Waals surface area contributed by atoms with Crippen molar-refractivity contribution in [2.45, 2.75) is 18.5 Å². The Morgan fingerprint density at radius 3 is 2.75 bits per heavy atom. The molecule has 9 heteroatoms. The number of nitrogens with one attached hydrogen (secondary N) is 1. The highest BCUT2D eigenvalue weighted by atomic mass is 16.7. The number of likely N-dealkylation sites (N-methyl/N-ethyl adjacent to an activating group) is 1. The maximum atomic E-state index is 13.2. The van der Waals surface area contributed by atoms with Crippen LogP contribution < -0.4 is 9.47 Å². The Morgan fingerprint density at radius 2 is 1.94 bits per heavy atom. The number of rotatable bonds is 2. The van der Waals surface area contributed by atoms with Crippen LogP contribution in [0, 0.1) is 0 Å². The summed E-state index contributed by atoms with van der Waals surface area (Å²) < 4.78 is 11.0. The first-order chi connectivity index (χ1) is 15.4. The Hall–Kier alpha value is -4.01. The van der Waals surface area contributed by atoms with Crippen LogP contribution in [0.2, 0.25) is 0 Å². The lowest BCUT2D eigenvalue weighted by atomic mass is 9.86. The van der Waals surface area contributed by atoms with Gasteiger partial charge in [0, 0.05) is 30.1 Å². The molecule has 0 radical (unpaired) electrons. The molecule has 1 aromatic heterocycles. The average molecular weight is 433 g/mol. The molecule has 1 saturated heterocycles. The summed E-state index contributed by atoms with van der Waals surface area (Å²) in [4.78, 5) is 44.2. The topological polar surface area (TPSA) is 112 Å². The van der Waals surface area contributed by atoms with E-state index in [2.05, 4.69) is 4.98 Å². The molecule has 1 fully saturated rings. The summed E-state index contributed by atoms with van der Waals surface area (Å²) in [6.45, 7) is 0.142. The third kappa shape index (κ3) is 2.54. The van der Waals surface area contributed by atoms with Crippen molar-refractivity contribution in [3.63, 3.8) is 0 Å². The normalized spacial score (nSPS) is 21.7. The van der Waals surface area contributed by atoms with Gasteiger partial charge in [-0.1, -0.05) is 12.1 Å². The van der Waals surface area contributed by atoms with Crippen molar-refractivity contribution in [3.05, 3.63) is 58.8 Å². The van der Waals surface area contributed by atoms with Gasteiger partial charge in [0.1, 0.15) is 6.04 Å². The number of ether oxygens (including phenoxy) is 2. The van der Waals surface area contributed by atoms with Gasteiger partial charge >= 0.3 is 5.97 Å². The van der Waals surface area contributed by atoms with Gasteiger partial charge in [-0.3, -0.25) is 9.59 Å². The van der Waals surface area contributed by atoms with Gasteiger partial charge in [-0.05, 0) is 35.4 Å². The zero-order valence-corrected chi connectivity index (χ0v) is 17.1. The van der Waals surface area contributed by atoms with Gasteiger partial charge in [0.15, 0.2) is 11.5 Å². The minimum atomic E-state index is -1.02. The molecular weight excluding hydrogens is 414 g/mol. The standard InChI is InChI=1S/C23H19N3O6/c1-25-9-19(27)26-16(22(25)28)8-14-13-4-2-12(23(29)30)6-15(13)24-20(14)21(26)11-3-5-17-18(7-11)32-10-31-17/h2-7,16,21,24H,8-10H2,1H3,(H,29,30)/t16-,21+/m0/s1. The Kier molecular flexibility index (Phi) is 3.80. The molecule has 0 bridgehead atoms. The number of carboxylic acids is 1. The Bertz CT molecular complexity index is 1330. The highest BCUT2D eigenvalue weighted by Crippen LogP contribution is 2.44. The molecule has 0 spiro atoms. The fourth-order valence-electron chi connectivity index (χ4n) is 5.02. The van der Waals surface area contributed by atoms with Crippen molar-refractivity contribution in [2.75, 3.05) is 20.4 Å². The number of aromatic nitrogens is 1. The summed E-state index contributed by atoms with van der Waals surface area (Å²) in [5.41, 5.74) is 3.31. The van der Waals surface area contributed by atoms with Crippen molar-refractivity contribution < 1.29 is 29.0 Å². The molecule has 4 heterocycles. The quantitative estimate of drug-likeness (QED) is 0.639. The number of hydrogen-bond donors (Lipinski definition) is 2. The number of nitrogens with zero attached hydrogens (tertiary/aromatic N) is 2. The fraction of sp³-hybridized carbons (Fsp3) is 0.261. The lowest BCUT2D eigenvalue weighted by molar-refractivity contribution is -0.157. The van der Waals surface area contributed by atoms with Crippen molar-refractivity contribution in [1.82, 2.24) is 14.8 Å². The number of amides is 2. The monoisotopic (exact) mass is 433 g/mol. The number of H-pyrrole nitrogens is 1. The summed E-state index contributed by atoms with van der Waals surface area (Å²) in [6, 6.07) is 9.24. The second-order valence-electron chi connectivity index (χ2n) is 8.31. The van der Waals surface area contributed by atoms with Crippen LogP contribution in [0.3, 0.4) is 0 Å². The number of piperazine rings is 1. The Morgan fingerprint density at radius 1 is 1.12 bits per heavy atom. The van der Waals surface area contributed by atoms with E-state index in [-0.39, 0.29) is 30.7 Å². The first-order valence-electron chi connectivity index (χ1n) is 10.3. The predicted octanol–water partition coefficient (Wildman–Crippen LogP) is 1.91. The Labute approximate surface area is 182 Å². The predicted molar refractivity (Wildman–Crippen MR) is 112 cm³/mol. The molecule has 2 aromatic carbocycles. The SMILES string of the molecule is CN1CC(=O)N2[C@H](c3ccc4c(c3)OCO4)c3[nH]c4cc(C(=O)O)ccc4c3C[C@H]2C1=O. The highest BCUT2D eigenvalue weighted by Gasteiger charge is 2.47. The molecule has 3 aromatic rings. The molecule has 0 aliphatic carbocycles. The van der Waals surface area contributed by atoms with Gasteiger partial charge in [-0.15, -0.1) is 0 Å². The van der Waals surface area contributed by atoms with Crippen molar-refractivity contribution in [2.24, 2.45) is 0 Å². The lowest BCUT2D eigenvalue weighted by Gasteiger charge is -2.46. The van der Waals surface area contributed by atoms with E-state index in [9.17, 15) is 19.5 Å². The van der Waals surface area contributed by atoms with Crippen LogP contribution in [-0.2, 0) is 16.0 Å². The maximum absolute atomic E-state index is 13.2. The highest BCUT2D eigenvalue weighted by molar-refractivity contribution is 5.99. The van der Waals surface area contributed by atoms with Gasteiger partial charge in [-0.2, -0.15) is 0 Å². The van der Waals surface area contributed by atoms with Crippen LogP contribution in [0.4, 0.5) is 0 Å². The molecule has 3 aliphatic heterocycles. The van der Waals surface area contributed by atoms with Crippen LogP contribution in [0.5, 0.6) is 11.5 Å². The first kappa shape index (κ1) is 18.7. The van der Waals surface area contributed by atoms with Crippen molar-refractivity contribution in [3.8, 4) is 11.5 Å². The number of aromatic amines is 1.